The first-order chi connectivity index (χ1) is 25.8. The number of ether oxygens (including phenoxy) is 2. The average Bonchev–Trinajstić information content (AvgIpc) is 3.16. The quantitative estimate of drug-likeness (QED) is 0.0272. The molecular formula is C44H85NO8. The molecule has 1 aliphatic heterocycles. The van der Waals surface area contributed by atoms with Gasteiger partial charge in [-0.2, -0.15) is 0 Å². The molecule has 9 heteroatoms. The normalized spacial score (nSPS) is 21.7. The second-order valence-electron chi connectivity index (χ2n) is 15.8. The van der Waals surface area contributed by atoms with E-state index < -0.39 is 49.5 Å². The molecule has 0 aromatic carbocycles. The second kappa shape index (κ2) is 35.4. The van der Waals surface area contributed by atoms with Gasteiger partial charge in [-0.25, -0.2) is 0 Å². The number of carbonyl (C=O) groups excluding carboxylic acids is 1. The van der Waals surface area contributed by atoms with Gasteiger partial charge in [0.15, 0.2) is 6.29 Å². The van der Waals surface area contributed by atoms with Gasteiger partial charge in [0.2, 0.25) is 5.91 Å². The Morgan fingerprint density at radius 3 is 1.53 bits per heavy atom. The number of amides is 1. The lowest BCUT2D eigenvalue weighted by molar-refractivity contribution is -0.302. The van der Waals surface area contributed by atoms with Crippen molar-refractivity contribution in [1.82, 2.24) is 5.32 Å². The van der Waals surface area contributed by atoms with E-state index >= 15 is 0 Å². The molecule has 1 heterocycles. The van der Waals surface area contributed by atoms with E-state index in [4.69, 9.17) is 9.47 Å². The summed E-state index contributed by atoms with van der Waals surface area (Å²) in [6.07, 6.45) is 32.1. The van der Waals surface area contributed by atoms with Crippen molar-refractivity contribution in [2.45, 2.75) is 249 Å². The summed E-state index contributed by atoms with van der Waals surface area (Å²) in [7, 11) is 0. The van der Waals surface area contributed by atoms with Gasteiger partial charge < -0.3 is 40.3 Å². The van der Waals surface area contributed by atoms with Gasteiger partial charge in [-0.1, -0.05) is 174 Å². The van der Waals surface area contributed by atoms with Crippen molar-refractivity contribution in [3.05, 3.63) is 12.2 Å². The van der Waals surface area contributed by atoms with E-state index in [1.165, 1.54) is 141 Å². The number of nitrogens with one attached hydrogen (secondary N) is 1. The predicted octanol–water partition coefficient (Wildman–Crippen LogP) is 8.95. The number of allylic oxidation sites excluding steroid dienone is 2. The third kappa shape index (κ3) is 26.4. The number of hydrogen-bond acceptors (Lipinski definition) is 8. The Bertz CT molecular complexity index is 842. The highest BCUT2D eigenvalue weighted by molar-refractivity contribution is 5.76. The molecular weight excluding hydrogens is 670 g/mol. The minimum atomic E-state index is -1.55. The van der Waals surface area contributed by atoms with Crippen LogP contribution in [0.5, 0.6) is 0 Å². The molecule has 0 aliphatic carbocycles. The highest BCUT2D eigenvalue weighted by atomic mass is 16.7. The molecule has 0 saturated carbocycles. The fraction of sp³-hybridized carbons (Fsp3) is 0.932. The fourth-order valence-corrected chi connectivity index (χ4v) is 7.21. The molecule has 0 radical (unpaired) electrons. The zero-order chi connectivity index (χ0) is 38.8. The van der Waals surface area contributed by atoms with Crippen LogP contribution in [-0.4, -0.2) is 87.5 Å². The minimum Gasteiger partial charge on any atom is -0.394 e. The molecule has 314 valence electrons. The van der Waals surface area contributed by atoms with Gasteiger partial charge in [-0.15, -0.1) is 0 Å². The van der Waals surface area contributed by atoms with Gasteiger partial charge in [0, 0.05) is 6.42 Å². The van der Waals surface area contributed by atoms with Gasteiger partial charge in [-0.3, -0.25) is 4.79 Å². The van der Waals surface area contributed by atoms with Crippen molar-refractivity contribution < 1.29 is 39.8 Å². The maximum Gasteiger partial charge on any atom is 0.220 e. The summed E-state index contributed by atoms with van der Waals surface area (Å²) < 4.78 is 11.2. The summed E-state index contributed by atoms with van der Waals surface area (Å²) in [5, 5.41) is 54.3. The van der Waals surface area contributed by atoms with Gasteiger partial charge in [0.25, 0.3) is 0 Å². The van der Waals surface area contributed by atoms with E-state index in [-0.39, 0.29) is 12.5 Å². The molecule has 1 amide bonds. The van der Waals surface area contributed by atoms with Gasteiger partial charge in [-0.05, 0) is 38.5 Å². The summed E-state index contributed by atoms with van der Waals surface area (Å²) in [4.78, 5) is 12.9. The van der Waals surface area contributed by atoms with Gasteiger partial charge in [0.1, 0.15) is 24.4 Å². The standard InChI is InChI=1S/C44H85NO8/c1-3-5-7-9-11-13-15-17-18-19-20-22-24-26-28-30-32-34-40(48)45-37(36-52-44-43(51)42(50)41(49)39(35-46)53-44)38(47)33-31-29-27-25-23-21-16-14-12-10-8-6-4-2/h17-18,37-39,41-44,46-47,49-51H,3-16,19-36H2,1-2H3,(H,45,48)/t37-,38+,39?,41?,42?,43?,44?/m0/s1. The zero-order valence-corrected chi connectivity index (χ0v) is 34.3. The number of aliphatic hydroxyl groups excluding tert-OH is 5. The van der Waals surface area contributed by atoms with Crippen LogP contribution in [0.2, 0.25) is 0 Å². The number of hydrogen-bond donors (Lipinski definition) is 6. The van der Waals surface area contributed by atoms with Gasteiger partial charge in [0.05, 0.1) is 25.4 Å². The Hall–Kier alpha value is -1.07. The molecule has 6 N–H and O–H groups in total. The molecule has 0 spiro atoms. The topological polar surface area (TPSA) is 149 Å². The second-order valence-corrected chi connectivity index (χ2v) is 15.8. The van der Waals surface area contributed by atoms with Crippen LogP contribution >= 0.6 is 0 Å². The van der Waals surface area contributed by atoms with Crippen molar-refractivity contribution in [2.75, 3.05) is 13.2 Å². The van der Waals surface area contributed by atoms with Crippen LogP contribution in [0.4, 0.5) is 0 Å². The van der Waals surface area contributed by atoms with E-state index in [2.05, 4.69) is 31.3 Å². The Morgan fingerprint density at radius 2 is 1.06 bits per heavy atom. The number of unbranched alkanes of at least 4 members (excludes halogenated alkanes) is 25. The first kappa shape index (κ1) is 49.9. The fourth-order valence-electron chi connectivity index (χ4n) is 7.21. The van der Waals surface area contributed by atoms with E-state index in [0.29, 0.717) is 12.8 Å². The first-order valence-corrected chi connectivity index (χ1v) is 22.4. The predicted molar refractivity (Wildman–Crippen MR) is 217 cm³/mol. The molecule has 9 nitrogen and oxygen atoms in total. The van der Waals surface area contributed by atoms with Gasteiger partial charge >= 0.3 is 0 Å². The third-order valence-corrected chi connectivity index (χ3v) is 10.9. The molecule has 1 saturated heterocycles. The largest absolute Gasteiger partial charge is 0.394 e. The van der Waals surface area contributed by atoms with Crippen LogP contribution in [0.1, 0.15) is 206 Å². The summed E-state index contributed by atoms with van der Waals surface area (Å²) in [5.74, 6) is -0.149. The van der Waals surface area contributed by atoms with E-state index in [9.17, 15) is 30.3 Å². The molecule has 7 atom stereocenters. The highest BCUT2D eigenvalue weighted by Crippen LogP contribution is 2.23. The van der Waals surface area contributed by atoms with E-state index in [1.54, 1.807) is 0 Å². The summed E-state index contributed by atoms with van der Waals surface area (Å²) in [5.41, 5.74) is 0. The summed E-state index contributed by atoms with van der Waals surface area (Å²) in [6.45, 7) is 3.82. The first-order valence-electron chi connectivity index (χ1n) is 22.4. The zero-order valence-electron chi connectivity index (χ0n) is 34.3. The van der Waals surface area contributed by atoms with Crippen LogP contribution in [0.15, 0.2) is 12.2 Å². The van der Waals surface area contributed by atoms with Crippen molar-refractivity contribution >= 4 is 5.91 Å². The Labute approximate surface area is 325 Å². The Kier molecular flexibility index (Phi) is 33.3. The average molecular weight is 756 g/mol. The Morgan fingerprint density at radius 1 is 0.623 bits per heavy atom. The molecule has 5 unspecified atom stereocenters. The van der Waals surface area contributed by atoms with Crippen LogP contribution in [0.25, 0.3) is 0 Å². The molecule has 0 aromatic rings. The number of rotatable bonds is 37. The van der Waals surface area contributed by atoms with E-state index in [1.807, 2.05) is 0 Å². The molecule has 53 heavy (non-hydrogen) atoms. The molecule has 1 aliphatic rings. The van der Waals surface area contributed by atoms with Crippen LogP contribution in [0.3, 0.4) is 0 Å². The lowest BCUT2D eigenvalue weighted by Gasteiger charge is -2.40. The lowest BCUT2D eigenvalue weighted by atomic mass is 9.99. The van der Waals surface area contributed by atoms with Crippen LogP contribution in [0, 0.1) is 0 Å². The molecule has 0 bridgehead atoms. The van der Waals surface area contributed by atoms with Crippen molar-refractivity contribution in [1.29, 1.82) is 0 Å². The number of carbonyl (C=O) groups is 1. The van der Waals surface area contributed by atoms with Crippen molar-refractivity contribution in [3.8, 4) is 0 Å². The maximum atomic E-state index is 12.9. The van der Waals surface area contributed by atoms with Crippen LogP contribution in [-0.2, 0) is 14.3 Å². The number of aliphatic hydroxyl groups is 5. The highest BCUT2D eigenvalue weighted by Gasteiger charge is 2.44. The lowest BCUT2D eigenvalue weighted by Crippen LogP contribution is -2.60. The summed E-state index contributed by atoms with van der Waals surface area (Å²) >= 11 is 0. The maximum absolute atomic E-state index is 12.9. The Balaban J connectivity index is 2.34. The molecule has 0 aromatic heterocycles. The molecule has 1 rings (SSSR count). The molecule has 1 fully saturated rings. The monoisotopic (exact) mass is 756 g/mol. The SMILES string of the molecule is CCCCCCCCC=CCCCCCCCCCC(=O)N[C@@H](COC1OC(CO)C(O)C(O)C1O)[C@H](O)CCCCCCCCCCCCCCC. The van der Waals surface area contributed by atoms with Crippen molar-refractivity contribution in [2.24, 2.45) is 0 Å². The summed E-state index contributed by atoms with van der Waals surface area (Å²) in [6, 6.07) is -0.716. The smallest absolute Gasteiger partial charge is 0.220 e. The third-order valence-electron chi connectivity index (χ3n) is 10.9. The van der Waals surface area contributed by atoms with Crippen LogP contribution < -0.4 is 5.32 Å². The minimum absolute atomic E-state index is 0.137. The van der Waals surface area contributed by atoms with Crippen molar-refractivity contribution in [3.63, 3.8) is 0 Å². The van der Waals surface area contributed by atoms with E-state index in [0.717, 1.165) is 38.5 Å².